The Morgan fingerprint density at radius 2 is 1.97 bits per heavy atom. The van der Waals surface area contributed by atoms with Gasteiger partial charge in [0.05, 0.1) is 47.3 Å². The topological polar surface area (TPSA) is 79.9 Å². The lowest BCUT2D eigenvalue weighted by Gasteiger charge is -2.42. The number of carbonyl (C=O) groups excluding carboxylic acids is 2. The van der Waals surface area contributed by atoms with Gasteiger partial charge < -0.3 is 20.1 Å². The molecule has 3 aliphatic heterocycles. The van der Waals surface area contributed by atoms with Crippen molar-refractivity contribution in [2.45, 2.75) is 37.6 Å². The van der Waals surface area contributed by atoms with E-state index < -0.39 is 23.2 Å². The van der Waals surface area contributed by atoms with Gasteiger partial charge in [0.25, 0.3) is 0 Å². The van der Waals surface area contributed by atoms with Crippen LogP contribution in [0.1, 0.15) is 36.0 Å². The number of nitrogens with zero attached hydrogens (tertiary/aromatic N) is 1. The molecule has 1 spiro atoms. The van der Waals surface area contributed by atoms with Gasteiger partial charge in [0, 0.05) is 48.7 Å². The minimum atomic E-state index is -4.51. The highest BCUT2D eigenvalue weighted by Crippen LogP contribution is 2.46. The predicted octanol–water partition coefficient (Wildman–Crippen LogP) is 5.44. The fourth-order valence-electron chi connectivity index (χ4n) is 4.64. The normalized spacial score (nSPS) is 20.1. The molecule has 7 nitrogen and oxygen atoms in total. The molecule has 3 heterocycles. The van der Waals surface area contributed by atoms with Gasteiger partial charge in [-0.05, 0) is 29.8 Å². The monoisotopic (exact) mass is 599 g/mol. The lowest BCUT2D eigenvalue weighted by atomic mass is 9.81. The summed E-state index contributed by atoms with van der Waals surface area (Å²) in [4.78, 5) is 25.0. The molecule has 0 aliphatic carbocycles. The zero-order valence-electron chi connectivity index (χ0n) is 18.4. The van der Waals surface area contributed by atoms with Crippen molar-refractivity contribution in [3.05, 3.63) is 59.2 Å². The van der Waals surface area contributed by atoms with Crippen molar-refractivity contribution < 1.29 is 32.2 Å². The third kappa shape index (κ3) is 4.70. The second-order valence-corrected chi connectivity index (χ2v) is 9.65. The van der Waals surface area contributed by atoms with Crippen molar-refractivity contribution in [2.75, 3.05) is 21.6 Å². The second-order valence-electron chi connectivity index (χ2n) is 8.68. The van der Waals surface area contributed by atoms with Crippen LogP contribution in [0.25, 0.3) is 5.57 Å². The molecule has 0 saturated carbocycles. The van der Waals surface area contributed by atoms with Gasteiger partial charge in [-0.15, -0.1) is 0 Å². The van der Waals surface area contributed by atoms with E-state index in [-0.39, 0.29) is 18.3 Å². The SMILES string of the molecule is O=C(/C=C1\CC2(CCOCC2)Oc2cc(C(F)(F)F)ccc21)Nc1cccc2c1CNC(=O)N2I. The smallest absolute Gasteiger partial charge is 0.416 e. The summed E-state index contributed by atoms with van der Waals surface area (Å²) in [5, 5.41) is 5.61. The molecule has 5 rings (SSSR count). The van der Waals surface area contributed by atoms with Crippen molar-refractivity contribution in [3.8, 4) is 5.75 Å². The quantitative estimate of drug-likeness (QED) is 0.274. The van der Waals surface area contributed by atoms with Gasteiger partial charge in [0.2, 0.25) is 5.91 Å². The highest BCUT2D eigenvalue weighted by Gasteiger charge is 2.41. The van der Waals surface area contributed by atoms with E-state index in [1.54, 1.807) is 18.2 Å². The molecule has 3 aliphatic rings. The maximum Gasteiger partial charge on any atom is 0.416 e. The number of urea groups is 1. The van der Waals surface area contributed by atoms with Crippen molar-refractivity contribution in [3.63, 3.8) is 0 Å². The van der Waals surface area contributed by atoms with Gasteiger partial charge in [0.1, 0.15) is 11.4 Å². The van der Waals surface area contributed by atoms with Crippen molar-refractivity contribution in [2.24, 2.45) is 0 Å². The predicted molar refractivity (Wildman–Crippen MR) is 131 cm³/mol. The van der Waals surface area contributed by atoms with Crippen LogP contribution in [0, 0.1) is 0 Å². The summed E-state index contributed by atoms with van der Waals surface area (Å²) < 4.78 is 53.0. The number of halogens is 4. The van der Waals surface area contributed by atoms with E-state index in [0.29, 0.717) is 55.0 Å². The fourth-order valence-corrected chi connectivity index (χ4v) is 5.26. The number of hydrogen-bond acceptors (Lipinski definition) is 4. The summed E-state index contributed by atoms with van der Waals surface area (Å²) >= 11 is 1.89. The molecule has 2 aromatic rings. The van der Waals surface area contributed by atoms with Crippen LogP contribution in [0.5, 0.6) is 5.75 Å². The Kier molecular flexibility index (Phi) is 6.16. The Labute approximate surface area is 213 Å². The van der Waals surface area contributed by atoms with Crippen LogP contribution in [0.2, 0.25) is 0 Å². The van der Waals surface area contributed by atoms with E-state index in [4.69, 9.17) is 9.47 Å². The minimum Gasteiger partial charge on any atom is -0.486 e. The van der Waals surface area contributed by atoms with Gasteiger partial charge >= 0.3 is 12.2 Å². The Bertz CT molecular complexity index is 1220. The average molecular weight is 599 g/mol. The summed E-state index contributed by atoms with van der Waals surface area (Å²) in [5.74, 6) is -0.298. The van der Waals surface area contributed by atoms with Crippen LogP contribution in [0.4, 0.5) is 29.3 Å². The summed E-state index contributed by atoms with van der Waals surface area (Å²) in [6.07, 6.45) is -1.67. The molecule has 2 N–H and O–H groups in total. The number of hydrogen-bond donors (Lipinski definition) is 2. The Morgan fingerprint density at radius 1 is 1.20 bits per heavy atom. The molecule has 0 bridgehead atoms. The van der Waals surface area contributed by atoms with Gasteiger partial charge in [-0.1, -0.05) is 12.1 Å². The van der Waals surface area contributed by atoms with E-state index in [1.807, 2.05) is 22.9 Å². The summed E-state index contributed by atoms with van der Waals surface area (Å²) in [6, 6.07) is 8.38. The van der Waals surface area contributed by atoms with E-state index in [0.717, 1.165) is 17.7 Å². The maximum atomic E-state index is 13.3. The van der Waals surface area contributed by atoms with Gasteiger partial charge in [-0.3, -0.25) is 4.79 Å². The van der Waals surface area contributed by atoms with Gasteiger partial charge in [-0.25, -0.2) is 7.91 Å². The van der Waals surface area contributed by atoms with E-state index in [1.165, 1.54) is 15.3 Å². The summed E-state index contributed by atoms with van der Waals surface area (Å²) in [7, 11) is 0. The number of ether oxygens (including phenoxy) is 2. The highest BCUT2D eigenvalue weighted by molar-refractivity contribution is 14.1. The Hall–Kier alpha value is -2.80. The molecule has 0 atom stereocenters. The van der Waals surface area contributed by atoms with Crippen LogP contribution < -0.4 is 18.5 Å². The molecular weight excluding hydrogens is 578 g/mol. The number of benzene rings is 2. The number of alkyl halides is 3. The Morgan fingerprint density at radius 3 is 2.71 bits per heavy atom. The number of fused-ring (bicyclic) bond motifs is 2. The van der Waals surface area contributed by atoms with Crippen molar-refractivity contribution in [1.29, 1.82) is 0 Å². The summed E-state index contributed by atoms with van der Waals surface area (Å²) in [6.45, 7) is 1.13. The number of amides is 3. The molecule has 184 valence electrons. The molecule has 2 aromatic carbocycles. The lowest BCUT2D eigenvalue weighted by molar-refractivity contribution is -0.138. The van der Waals surface area contributed by atoms with Crippen LogP contribution in [-0.2, 0) is 22.3 Å². The van der Waals surface area contributed by atoms with E-state index in [2.05, 4.69) is 10.6 Å². The van der Waals surface area contributed by atoms with Crippen molar-refractivity contribution in [1.82, 2.24) is 5.32 Å². The highest BCUT2D eigenvalue weighted by atomic mass is 127. The van der Waals surface area contributed by atoms with E-state index in [9.17, 15) is 22.8 Å². The largest absolute Gasteiger partial charge is 0.486 e. The second kappa shape index (κ2) is 9.01. The van der Waals surface area contributed by atoms with Crippen LogP contribution in [-0.4, -0.2) is 30.8 Å². The Balaban J connectivity index is 1.48. The molecule has 0 aromatic heterocycles. The van der Waals surface area contributed by atoms with E-state index >= 15 is 0 Å². The number of nitrogens with one attached hydrogen (secondary N) is 2. The number of carbonyl (C=O) groups is 2. The third-order valence-electron chi connectivity index (χ3n) is 6.42. The first kappa shape index (κ1) is 23.9. The molecule has 3 amide bonds. The van der Waals surface area contributed by atoms with Gasteiger partial charge in [-0.2, -0.15) is 13.2 Å². The first-order chi connectivity index (χ1) is 16.7. The zero-order chi connectivity index (χ0) is 24.8. The minimum absolute atomic E-state index is 0.118. The van der Waals surface area contributed by atoms with Crippen LogP contribution in [0.15, 0.2) is 42.5 Å². The van der Waals surface area contributed by atoms with Crippen LogP contribution in [0.3, 0.4) is 0 Å². The summed E-state index contributed by atoms with van der Waals surface area (Å²) in [5.41, 5.74) is 1.53. The third-order valence-corrected chi connectivity index (χ3v) is 7.38. The maximum absolute atomic E-state index is 13.3. The molecule has 0 radical (unpaired) electrons. The number of anilines is 2. The first-order valence-electron chi connectivity index (χ1n) is 11.0. The lowest BCUT2D eigenvalue weighted by Crippen LogP contribution is -2.44. The standard InChI is InChI=1S/C24H21F3IN3O4/c25-24(26,27)15-4-5-16-14(12-23(35-20(16)11-15)6-8-34-9-7-23)10-21(32)30-18-2-1-3-19-17(18)13-29-22(33)31(19)28/h1-5,10-11H,6-9,12-13H2,(H,29,33)(H,30,32)/b14-10+. The molecule has 11 heteroatoms. The molecule has 35 heavy (non-hydrogen) atoms. The first-order valence-corrected chi connectivity index (χ1v) is 12.0. The average Bonchev–Trinajstić information content (AvgIpc) is 2.81. The van der Waals surface area contributed by atoms with Crippen molar-refractivity contribution >= 4 is 51.8 Å². The zero-order valence-corrected chi connectivity index (χ0v) is 20.5. The molecule has 1 saturated heterocycles. The molecule has 0 unspecified atom stereocenters. The molecule has 1 fully saturated rings. The fraction of sp³-hybridized carbons (Fsp3) is 0.333. The van der Waals surface area contributed by atoms with Crippen LogP contribution >= 0.6 is 22.9 Å². The molecular formula is C24H21F3IN3O4. The number of rotatable bonds is 2. The van der Waals surface area contributed by atoms with Gasteiger partial charge in [0.15, 0.2) is 0 Å².